The molecule has 1 heterocycles. The molecule has 10 heteroatoms. The fourth-order valence-electron chi connectivity index (χ4n) is 2.52. The molecule has 142 valence electrons. The lowest BCUT2D eigenvalue weighted by atomic mass is 9.98. The lowest BCUT2D eigenvalue weighted by Gasteiger charge is -2.30. The molecule has 0 aromatic rings. The van der Waals surface area contributed by atoms with Crippen molar-refractivity contribution in [3.63, 3.8) is 0 Å². The summed E-state index contributed by atoms with van der Waals surface area (Å²) in [4.78, 5) is 25.6. The predicted octanol–water partition coefficient (Wildman–Crippen LogP) is 1.45. The van der Waals surface area contributed by atoms with Crippen LogP contribution in [0.1, 0.15) is 40.5 Å². The Hall–Kier alpha value is -1.87. The standard InChI is InChI=1S/C15H25N3O7/c1-5-22-12(20)7-6-10(17-18-16)13(21)14(24-9(2)19)11-8-23-15(3,4)25-11/h10-11,13-14,21H,5-8H2,1-4H3. The number of carbonyl (C=O) groups is 2. The summed E-state index contributed by atoms with van der Waals surface area (Å²) in [7, 11) is 0. The first-order valence-corrected chi connectivity index (χ1v) is 8.07. The van der Waals surface area contributed by atoms with E-state index in [0.29, 0.717) is 0 Å². The number of azide groups is 1. The van der Waals surface area contributed by atoms with Crippen molar-refractivity contribution in [1.29, 1.82) is 0 Å². The molecule has 4 atom stereocenters. The highest BCUT2D eigenvalue weighted by Crippen LogP contribution is 2.28. The van der Waals surface area contributed by atoms with E-state index >= 15 is 0 Å². The van der Waals surface area contributed by atoms with Crippen molar-refractivity contribution in [3.05, 3.63) is 10.4 Å². The Kier molecular flexibility index (Phi) is 8.11. The van der Waals surface area contributed by atoms with Crippen LogP contribution in [0.4, 0.5) is 0 Å². The molecule has 1 N–H and O–H groups in total. The molecule has 1 saturated heterocycles. The minimum absolute atomic E-state index is 0.0405. The summed E-state index contributed by atoms with van der Waals surface area (Å²) in [6.45, 7) is 6.58. The van der Waals surface area contributed by atoms with Gasteiger partial charge in [0.15, 0.2) is 11.9 Å². The Labute approximate surface area is 146 Å². The third kappa shape index (κ3) is 6.87. The maximum absolute atomic E-state index is 11.5. The number of esters is 2. The zero-order valence-electron chi connectivity index (χ0n) is 14.9. The Bertz CT molecular complexity index is 519. The number of ether oxygens (including phenoxy) is 4. The van der Waals surface area contributed by atoms with Crippen molar-refractivity contribution >= 4 is 11.9 Å². The number of rotatable bonds is 9. The number of hydrogen-bond acceptors (Lipinski definition) is 8. The molecule has 0 saturated carbocycles. The minimum Gasteiger partial charge on any atom is -0.466 e. The maximum Gasteiger partial charge on any atom is 0.305 e. The molecule has 1 rings (SSSR count). The van der Waals surface area contributed by atoms with Gasteiger partial charge in [0, 0.05) is 18.3 Å². The summed E-state index contributed by atoms with van der Waals surface area (Å²) in [5, 5.41) is 14.1. The molecule has 1 aliphatic heterocycles. The summed E-state index contributed by atoms with van der Waals surface area (Å²) >= 11 is 0. The van der Waals surface area contributed by atoms with Gasteiger partial charge >= 0.3 is 11.9 Å². The summed E-state index contributed by atoms with van der Waals surface area (Å²) < 4.78 is 21.1. The monoisotopic (exact) mass is 359 g/mol. The quantitative estimate of drug-likeness (QED) is 0.284. The number of aliphatic hydroxyl groups is 1. The van der Waals surface area contributed by atoms with E-state index in [9.17, 15) is 14.7 Å². The van der Waals surface area contributed by atoms with Crippen molar-refractivity contribution in [2.75, 3.05) is 13.2 Å². The SMILES string of the molecule is CCOC(=O)CCC(N=[N+]=[N-])C(O)C(OC(C)=O)C1COC(C)(C)O1. The van der Waals surface area contributed by atoms with Crippen LogP contribution in [0.25, 0.3) is 10.4 Å². The van der Waals surface area contributed by atoms with Crippen molar-refractivity contribution in [1.82, 2.24) is 0 Å². The van der Waals surface area contributed by atoms with Gasteiger partial charge in [-0.3, -0.25) is 9.59 Å². The van der Waals surface area contributed by atoms with Crippen LogP contribution in [0.15, 0.2) is 5.11 Å². The number of carbonyl (C=O) groups excluding carboxylic acids is 2. The van der Waals surface area contributed by atoms with E-state index in [4.69, 9.17) is 24.5 Å². The molecule has 0 spiro atoms. The van der Waals surface area contributed by atoms with E-state index in [2.05, 4.69) is 10.0 Å². The van der Waals surface area contributed by atoms with Crippen LogP contribution in [0.5, 0.6) is 0 Å². The molecule has 10 nitrogen and oxygen atoms in total. The zero-order valence-corrected chi connectivity index (χ0v) is 14.9. The largest absolute Gasteiger partial charge is 0.466 e. The summed E-state index contributed by atoms with van der Waals surface area (Å²) in [6, 6.07) is -0.994. The Balaban J connectivity index is 2.87. The second kappa shape index (κ2) is 9.57. The molecule has 25 heavy (non-hydrogen) atoms. The smallest absolute Gasteiger partial charge is 0.305 e. The first kappa shape index (κ1) is 21.2. The topological polar surface area (TPSA) is 140 Å². The molecular formula is C15H25N3O7. The van der Waals surface area contributed by atoms with Crippen LogP contribution < -0.4 is 0 Å². The van der Waals surface area contributed by atoms with Crippen molar-refractivity contribution in [2.24, 2.45) is 5.11 Å². The van der Waals surface area contributed by atoms with Crippen LogP contribution in [-0.4, -0.2) is 60.4 Å². The third-order valence-corrected chi connectivity index (χ3v) is 3.58. The molecule has 0 bridgehead atoms. The zero-order chi connectivity index (χ0) is 19.0. The first-order chi connectivity index (χ1) is 11.7. The first-order valence-electron chi connectivity index (χ1n) is 8.07. The fraction of sp³-hybridized carbons (Fsp3) is 0.867. The van der Waals surface area contributed by atoms with Gasteiger partial charge in [-0.1, -0.05) is 5.11 Å². The van der Waals surface area contributed by atoms with E-state index in [1.807, 2.05) is 0 Å². The van der Waals surface area contributed by atoms with Crippen molar-refractivity contribution in [2.45, 2.75) is 70.7 Å². The van der Waals surface area contributed by atoms with Crippen molar-refractivity contribution < 1.29 is 33.6 Å². The number of hydrogen-bond donors (Lipinski definition) is 1. The van der Waals surface area contributed by atoms with Gasteiger partial charge < -0.3 is 24.1 Å². The highest BCUT2D eigenvalue weighted by Gasteiger charge is 2.44. The van der Waals surface area contributed by atoms with Gasteiger partial charge in [-0.25, -0.2) is 0 Å². The maximum atomic E-state index is 11.5. The molecular weight excluding hydrogens is 334 g/mol. The molecule has 0 radical (unpaired) electrons. The van der Waals surface area contributed by atoms with Gasteiger partial charge in [-0.15, -0.1) is 0 Å². The van der Waals surface area contributed by atoms with Crippen LogP contribution in [0.2, 0.25) is 0 Å². The van der Waals surface area contributed by atoms with Gasteiger partial charge in [0.1, 0.15) is 12.2 Å². The molecule has 1 aliphatic rings. The molecule has 0 aromatic heterocycles. The summed E-state index contributed by atoms with van der Waals surface area (Å²) in [6.07, 6.45) is -3.20. The van der Waals surface area contributed by atoms with Gasteiger partial charge in [0.2, 0.25) is 0 Å². The summed E-state index contributed by atoms with van der Waals surface area (Å²) in [5.74, 6) is -1.98. The second-order valence-corrected chi connectivity index (χ2v) is 6.05. The second-order valence-electron chi connectivity index (χ2n) is 6.05. The molecule has 0 amide bonds. The molecule has 1 fully saturated rings. The third-order valence-electron chi connectivity index (χ3n) is 3.58. The molecule has 4 unspecified atom stereocenters. The van der Waals surface area contributed by atoms with Gasteiger partial charge in [0.25, 0.3) is 0 Å². The molecule has 0 aromatic carbocycles. The lowest BCUT2D eigenvalue weighted by molar-refractivity contribution is -0.182. The number of aliphatic hydroxyl groups excluding tert-OH is 1. The highest BCUT2D eigenvalue weighted by molar-refractivity contribution is 5.69. The fourth-order valence-corrected chi connectivity index (χ4v) is 2.52. The van der Waals surface area contributed by atoms with Crippen LogP contribution in [-0.2, 0) is 28.5 Å². The van der Waals surface area contributed by atoms with Crippen LogP contribution in [0.3, 0.4) is 0 Å². The van der Waals surface area contributed by atoms with Gasteiger partial charge in [0.05, 0.1) is 19.3 Å². The van der Waals surface area contributed by atoms with Crippen molar-refractivity contribution in [3.8, 4) is 0 Å². The van der Waals surface area contributed by atoms with E-state index in [0.717, 1.165) is 0 Å². The van der Waals surface area contributed by atoms with Gasteiger partial charge in [-0.2, -0.15) is 0 Å². The predicted molar refractivity (Wildman–Crippen MR) is 85.3 cm³/mol. The minimum atomic E-state index is -1.36. The summed E-state index contributed by atoms with van der Waals surface area (Å²) in [5.41, 5.74) is 8.73. The van der Waals surface area contributed by atoms with E-state index < -0.39 is 42.1 Å². The number of nitrogens with zero attached hydrogens (tertiary/aromatic N) is 3. The van der Waals surface area contributed by atoms with Gasteiger partial charge in [-0.05, 0) is 32.7 Å². The molecule has 0 aliphatic carbocycles. The Morgan fingerprint density at radius 1 is 1.48 bits per heavy atom. The van der Waals surface area contributed by atoms with E-state index in [1.165, 1.54) is 6.92 Å². The average Bonchev–Trinajstić information content (AvgIpc) is 2.88. The Morgan fingerprint density at radius 2 is 2.16 bits per heavy atom. The average molecular weight is 359 g/mol. The van der Waals surface area contributed by atoms with E-state index in [1.54, 1.807) is 20.8 Å². The van der Waals surface area contributed by atoms with E-state index in [-0.39, 0.29) is 26.1 Å². The normalized spacial score (nSPS) is 22.4. The Morgan fingerprint density at radius 3 is 2.64 bits per heavy atom. The lowest BCUT2D eigenvalue weighted by Crippen LogP contribution is -2.48. The van der Waals surface area contributed by atoms with Crippen LogP contribution >= 0.6 is 0 Å². The highest BCUT2D eigenvalue weighted by atomic mass is 16.8. The van der Waals surface area contributed by atoms with Crippen LogP contribution in [0, 0.1) is 0 Å².